The molecule has 3 aromatic rings. The zero-order valence-electron chi connectivity index (χ0n) is 18.0. The Morgan fingerprint density at radius 2 is 1.66 bits per heavy atom. The molecule has 0 aliphatic carbocycles. The molecule has 0 aliphatic heterocycles. The van der Waals surface area contributed by atoms with E-state index in [9.17, 15) is 13.2 Å². The topological polar surface area (TPSA) is 114 Å². The second kappa shape index (κ2) is 9.97. The summed E-state index contributed by atoms with van der Waals surface area (Å²) < 4.78 is 23.4. The number of benzene rings is 2. The predicted molar refractivity (Wildman–Crippen MR) is 130 cm³/mol. The van der Waals surface area contributed by atoms with Gasteiger partial charge in [-0.05, 0) is 48.2 Å². The third-order valence-corrected chi connectivity index (χ3v) is 6.83. The summed E-state index contributed by atoms with van der Waals surface area (Å²) in [6, 6.07) is 14.8. The molecule has 0 unspecified atom stereocenters. The molecule has 0 radical (unpaired) electrons. The molecule has 0 saturated carbocycles. The molecule has 0 aliphatic rings. The van der Waals surface area contributed by atoms with Crippen molar-refractivity contribution in [3.05, 3.63) is 82.6 Å². The van der Waals surface area contributed by atoms with Gasteiger partial charge in [-0.2, -0.15) is 0 Å². The fourth-order valence-electron chi connectivity index (χ4n) is 3.16. The fourth-order valence-corrected chi connectivity index (χ4v) is 4.88. The lowest BCUT2D eigenvalue weighted by Crippen LogP contribution is -2.06. The molecular weight excluding hydrogens is 444 g/mol. The van der Waals surface area contributed by atoms with E-state index in [1.165, 1.54) is 24.5 Å². The van der Waals surface area contributed by atoms with Gasteiger partial charge in [-0.15, -0.1) is 11.3 Å². The van der Waals surface area contributed by atoms with Crippen molar-refractivity contribution in [1.82, 2.24) is 4.98 Å². The van der Waals surface area contributed by atoms with Gasteiger partial charge in [0.05, 0.1) is 16.4 Å². The fraction of sp³-hybridized carbons (Fsp3) is 0.217. The second-order valence-electron chi connectivity index (χ2n) is 7.51. The van der Waals surface area contributed by atoms with Crippen LogP contribution in [0.5, 0.6) is 0 Å². The Hall–Kier alpha value is -3.17. The molecule has 4 N–H and O–H groups in total. The van der Waals surface area contributed by atoms with Crippen LogP contribution in [0.25, 0.3) is 0 Å². The van der Waals surface area contributed by atoms with E-state index in [2.05, 4.69) is 22.2 Å². The molecule has 0 spiro atoms. The first-order valence-corrected chi connectivity index (χ1v) is 12.7. The predicted octanol–water partition coefficient (Wildman–Crippen LogP) is 3.72. The van der Waals surface area contributed by atoms with Gasteiger partial charge in [-0.25, -0.2) is 13.4 Å². The first-order chi connectivity index (χ1) is 15.1. The zero-order valence-corrected chi connectivity index (χ0v) is 19.6. The van der Waals surface area contributed by atoms with Gasteiger partial charge in [-0.1, -0.05) is 30.8 Å². The third kappa shape index (κ3) is 6.66. The number of nitrogens with zero attached hydrogens (tertiary/aromatic N) is 1. The van der Waals surface area contributed by atoms with Crippen molar-refractivity contribution in [2.24, 2.45) is 5.73 Å². The SMILES string of the molecule is C=C(N)Nc1ccc(CCc2nc(NC(C)=O)sc2Cc2ccc(S(C)(=O)=O)cc2)cc1. The number of aryl methyl sites for hydroxylation is 2. The highest BCUT2D eigenvalue weighted by atomic mass is 32.2. The molecule has 1 aromatic heterocycles. The minimum Gasteiger partial charge on any atom is -0.386 e. The van der Waals surface area contributed by atoms with E-state index < -0.39 is 9.84 Å². The first kappa shape index (κ1) is 23.5. The molecular formula is C23H26N4O3S2. The van der Waals surface area contributed by atoms with Crippen LogP contribution < -0.4 is 16.4 Å². The Labute approximate surface area is 192 Å². The minimum atomic E-state index is -3.23. The number of thiazole rings is 1. The Balaban J connectivity index is 1.76. The number of nitrogens with two attached hydrogens (primary N) is 1. The van der Waals surface area contributed by atoms with Crippen molar-refractivity contribution in [3.8, 4) is 0 Å². The molecule has 2 aromatic carbocycles. The van der Waals surface area contributed by atoms with Gasteiger partial charge < -0.3 is 16.4 Å². The number of hydrogen-bond acceptors (Lipinski definition) is 7. The number of sulfone groups is 1. The molecule has 1 amide bonds. The van der Waals surface area contributed by atoms with Crippen molar-refractivity contribution < 1.29 is 13.2 Å². The lowest BCUT2D eigenvalue weighted by atomic mass is 10.0. The maximum Gasteiger partial charge on any atom is 0.223 e. The zero-order chi connectivity index (χ0) is 23.3. The lowest BCUT2D eigenvalue weighted by molar-refractivity contribution is -0.114. The van der Waals surface area contributed by atoms with E-state index in [0.717, 1.165) is 33.8 Å². The van der Waals surface area contributed by atoms with Crippen molar-refractivity contribution in [2.45, 2.75) is 31.1 Å². The molecule has 0 fully saturated rings. The van der Waals surface area contributed by atoms with Gasteiger partial charge in [0, 0.05) is 30.2 Å². The molecule has 168 valence electrons. The van der Waals surface area contributed by atoms with Crippen LogP contribution in [-0.2, 0) is 33.9 Å². The summed E-state index contributed by atoms with van der Waals surface area (Å²) in [6.07, 6.45) is 3.30. The molecule has 9 heteroatoms. The second-order valence-corrected chi connectivity index (χ2v) is 10.6. The van der Waals surface area contributed by atoms with Crippen molar-refractivity contribution >= 4 is 37.9 Å². The van der Waals surface area contributed by atoms with Crippen LogP contribution in [0, 0.1) is 0 Å². The Kier molecular flexibility index (Phi) is 7.32. The summed E-state index contributed by atoms with van der Waals surface area (Å²) in [5.41, 5.74) is 9.50. The van der Waals surface area contributed by atoms with Gasteiger partial charge >= 0.3 is 0 Å². The maximum absolute atomic E-state index is 11.7. The average molecular weight is 471 g/mol. The highest BCUT2D eigenvalue weighted by molar-refractivity contribution is 7.90. The Morgan fingerprint density at radius 1 is 1.03 bits per heavy atom. The van der Waals surface area contributed by atoms with E-state index in [4.69, 9.17) is 5.73 Å². The van der Waals surface area contributed by atoms with Crippen molar-refractivity contribution in [1.29, 1.82) is 0 Å². The van der Waals surface area contributed by atoms with Crippen LogP contribution in [-0.4, -0.2) is 25.6 Å². The van der Waals surface area contributed by atoms with Gasteiger partial charge in [-0.3, -0.25) is 4.79 Å². The Morgan fingerprint density at radius 3 is 2.22 bits per heavy atom. The van der Waals surface area contributed by atoms with Crippen molar-refractivity contribution in [2.75, 3.05) is 16.9 Å². The Bertz CT molecular complexity index is 1220. The van der Waals surface area contributed by atoms with E-state index in [-0.39, 0.29) is 5.91 Å². The quantitative estimate of drug-likeness (QED) is 0.439. The van der Waals surface area contributed by atoms with Crippen LogP contribution in [0.4, 0.5) is 10.8 Å². The minimum absolute atomic E-state index is 0.168. The number of rotatable bonds is 9. The standard InChI is InChI=1S/C23H26N4O3S2/c1-15(24)25-19-9-4-17(5-10-19)8-13-21-22(31-23(27-21)26-16(2)28)14-18-6-11-20(12-7-18)32(3,29)30/h4-7,9-12,25H,1,8,13-14,24H2,2-3H3,(H,26,27,28). The van der Waals surface area contributed by atoms with Crippen LogP contribution in [0.15, 0.2) is 65.8 Å². The molecule has 3 rings (SSSR count). The van der Waals surface area contributed by atoms with Crippen LogP contribution in [0.3, 0.4) is 0 Å². The number of nitrogens with one attached hydrogen (secondary N) is 2. The van der Waals surface area contributed by atoms with Gasteiger partial charge in [0.1, 0.15) is 0 Å². The molecule has 7 nitrogen and oxygen atoms in total. The molecule has 0 bridgehead atoms. The van der Waals surface area contributed by atoms with Crippen molar-refractivity contribution in [3.63, 3.8) is 0 Å². The number of amides is 1. The maximum atomic E-state index is 11.7. The smallest absolute Gasteiger partial charge is 0.223 e. The highest BCUT2D eigenvalue weighted by Crippen LogP contribution is 2.27. The summed E-state index contributed by atoms with van der Waals surface area (Å²) >= 11 is 1.44. The molecule has 32 heavy (non-hydrogen) atoms. The number of aromatic nitrogens is 1. The summed E-state index contributed by atoms with van der Waals surface area (Å²) in [4.78, 5) is 17.4. The number of carbonyl (C=O) groups excluding carboxylic acids is 1. The largest absolute Gasteiger partial charge is 0.386 e. The highest BCUT2D eigenvalue weighted by Gasteiger charge is 2.14. The summed E-state index contributed by atoms with van der Waals surface area (Å²) in [5.74, 6) is 0.221. The van der Waals surface area contributed by atoms with Gasteiger partial charge in [0.15, 0.2) is 15.0 Å². The van der Waals surface area contributed by atoms with Gasteiger partial charge in [0.2, 0.25) is 5.91 Å². The number of carbonyl (C=O) groups is 1. The van der Waals surface area contributed by atoms with Crippen LogP contribution in [0.1, 0.15) is 28.6 Å². The summed E-state index contributed by atoms with van der Waals surface area (Å²) in [5, 5.41) is 6.30. The van der Waals surface area contributed by atoms with E-state index in [0.29, 0.717) is 28.7 Å². The average Bonchev–Trinajstić information content (AvgIpc) is 3.07. The molecule has 0 saturated heterocycles. The normalized spacial score (nSPS) is 11.2. The monoisotopic (exact) mass is 470 g/mol. The van der Waals surface area contributed by atoms with Crippen LogP contribution in [0.2, 0.25) is 0 Å². The third-order valence-electron chi connectivity index (χ3n) is 4.69. The van der Waals surface area contributed by atoms with Crippen LogP contribution >= 0.6 is 11.3 Å². The molecule has 0 atom stereocenters. The first-order valence-electron chi connectivity index (χ1n) is 9.95. The number of anilines is 2. The van der Waals surface area contributed by atoms with E-state index in [1.54, 1.807) is 12.1 Å². The van der Waals surface area contributed by atoms with Gasteiger partial charge in [0.25, 0.3) is 0 Å². The van der Waals surface area contributed by atoms with E-state index >= 15 is 0 Å². The lowest BCUT2D eigenvalue weighted by Gasteiger charge is -2.07. The number of hydrogen-bond donors (Lipinski definition) is 3. The summed E-state index contributed by atoms with van der Waals surface area (Å²) in [6.45, 7) is 5.09. The van der Waals surface area contributed by atoms with E-state index in [1.807, 2.05) is 36.4 Å². The molecule has 1 heterocycles. The summed E-state index contributed by atoms with van der Waals surface area (Å²) in [7, 11) is -3.23.